The SMILES string of the molecule is Nc1nccc(-c2cccc3c2OCCC3)n1. The molecule has 4 heteroatoms. The van der Waals surface area contributed by atoms with Gasteiger partial charge in [-0.25, -0.2) is 9.97 Å². The Morgan fingerprint density at radius 2 is 2.18 bits per heavy atom. The molecule has 0 radical (unpaired) electrons. The lowest BCUT2D eigenvalue weighted by atomic mass is 10.0. The number of nitrogens with zero attached hydrogens (tertiary/aromatic N) is 2. The van der Waals surface area contributed by atoms with Crippen molar-refractivity contribution in [2.24, 2.45) is 0 Å². The van der Waals surface area contributed by atoms with Gasteiger partial charge < -0.3 is 10.5 Å². The number of fused-ring (bicyclic) bond motifs is 1. The monoisotopic (exact) mass is 227 g/mol. The van der Waals surface area contributed by atoms with Gasteiger partial charge in [-0.1, -0.05) is 12.1 Å². The largest absolute Gasteiger partial charge is 0.493 e. The van der Waals surface area contributed by atoms with Crippen LogP contribution in [0.2, 0.25) is 0 Å². The number of ether oxygens (including phenoxy) is 1. The number of rotatable bonds is 1. The topological polar surface area (TPSA) is 61.0 Å². The maximum Gasteiger partial charge on any atom is 0.220 e. The summed E-state index contributed by atoms with van der Waals surface area (Å²) in [6.07, 6.45) is 3.80. The van der Waals surface area contributed by atoms with Crippen LogP contribution in [0.5, 0.6) is 5.75 Å². The number of hydrogen-bond donors (Lipinski definition) is 1. The van der Waals surface area contributed by atoms with Crippen LogP contribution in [0.25, 0.3) is 11.3 Å². The zero-order chi connectivity index (χ0) is 11.7. The fourth-order valence-corrected chi connectivity index (χ4v) is 2.11. The van der Waals surface area contributed by atoms with E-state index in [1.54, 1.807) is 6.20 Å². The zero-order valence-corrected chi connectivity index (χ0v) is 9.39. The number of anilines is 1. The lowest BCUT2D eigenvalue weighted by Crippen LogP contribution is -2.09. The predicted octanol–water partition coefficient (Wildman–Crippen LogP) is 2.05. The Bertz CT molecular complexity index is 554. The van der Waals surface area contributed by atoms with Gasteiger partial charge in [0.25, 0.3) is 0 Å². The molecular formula is C13H13N3O. The first-order valence-corrected chi connectivity index (χ1v) is 5.68. The molecule has 1 aliphatic rings. The Morgan fingerprint density at radius 1 is 1.24 bits per heavy atom. The molecule has 3 rings (SSSR count). The highest BCUT2D eigenvalue weighted by atomic mass is 16.5. The fourth-order valence-electron chi connectivity index (χ4n) is 2.11. The van der Waals surface area contributed by atoms with Crippen molar-refractivity contribution in [2.75, 3.05) is 12.3 Å². The van der Waals surface area contributed by atoms with Gasteiger partial charge in [0, 0.05) is 11.8 Å². The molecule has 1 aliphatic heterocycles. The van der Waals surface area contributed by atoms with Crippen LogP contribution in [-0.2, 0) is 6.42 Å². The van der Waals surface area contributed by atoms with Crippen molar-refractivity contribution in [1.29, 1.82) is 0 Å². The van der Waals surface area contributed by atoms with Crippen LogP contribution in [0, 0.1) is 0 Å². The van der Waals surface area contributed by atoms with E-state index < -0.39 is 0 Å². The average molecular weight is 227 g/mol. The van der Waals surface area contributed by atoms with Gasteiger partial charge in [0.15, 0.2) is 0 Å². The van der Waals surface area contributed by atoms with Crippen LogP contribution in [0.4, 0.5) is 5.95 Å². The summed E-state index contributed by atoms with van der Waals surface area (Å²) in [5, 5.41) is 0. The molecule has 0 fully saturated rings. The van der Waals surface area contributed by atoms with E-state index in [9.17, 15) is 0 Å². The number of para-hydroxylation sites is 1. The Kier molecular flexibility index (Phi) is 2.40. The van der Waals surface area contributed by atoms with Crippen LogP contribution < -0.4 is 10.5 Å². The van der Waals surface area contributed by atoms with Crippen molar-refractivity contribution >= 4 is 5.95 Å². The molecule has 0 atom stereocenters. The van der Waals surface area contributed by atoms with Crippen molar-refractivity contribution in [3.63, 3.8) is 0 Å². The van der Waals surface area contributed by atoms with Gasteiger partial charge in [-0.3, -0.25) is 0 Å². The first-order chi connectivity index (χ1) is 8.34. The molecular weight excluding hydrogens is 214 g/mol. The van der Waals surface area contributed by atoms with Crippen molar-refractivity contribution in [1.82, 2.24) is 9.97 Å². The van der Waals surface area contributed by atoms with E-state index >= 15 is 0 Å². The molecule has 0 bridgehead atoms. The smallest absolute Gasteiger partial charge is 0.220 e. The molecule has 0 spiro atoms. The van der Waals surface area contributed by atoms with E-state index in [4.69, 9.17) is 10.5 Å². The second-order valence-corrected chi connectivity index (χ2v) is 4.05. The van der Waals surface area contributed by atoms with Crippen molar-refractivity contribution in [3.8, 4) is 17.0 Å². The first-order valence-electron chi connectivity index (χ1n) is 5.68. The van der Waals surface area contributed by atoms with Gasteiger partial charge in [-0.05, 0) is 30.5 Å². The second-order valence-electron chi connectivity index (χ2n) is 4.05. The molecule has 0 unspecified atom stereocenters. The van der Waals surface area contributed by atoms with Gasteiger partial charge in [0.2, 0.25) is 5.95 Å². The van der Waals surface area contributed by atoms with Crippen molar-refractivity contribution < 1.29 is 4.74 Å². The minimum absolute atomic E-state index is 0.288. The van der Waals surface area contributed by atoms with Crippen LogP contribution in [0.1, 0.15) is 12.0 Å². The van der Waals surface area contributed by atoms with E-state index in [1.807, 2.05) is 18.2 Å². The van der Waals surface area contributed by atoms with E-state index in [2.05, 4.69) is 16.0 Å². The Hall–Kier alpha value is -2.10. The minimum atomic E-state index is 0.288. The van der Waals surface area contributed by atoms with Crippen LogP contribution in [0.3, 0.4) is 0 Å². The lowest BCUT2D eigenvalue weighted by molar-refractivity contribution is 0.289. The highest BCUT2D eigenvalue weighted by molar-refractivity contribution is 5.69. The van der Waals surface area contributed by atoms with Crippen LogP contribution in [-0.4, -0.2) is 16.6 Å². The second kappa shape index (κ2) is 4.05. The highest BCUT2D eigenvalue weighted by Crippen LogP contribution is 2.35. The summed E-state index contributed by atoms with van der Waals surface area (Å²) >= 11 is 0. The molecule has 0 saturated carbocycles. The minimum Gasteiger partial charge on any atom is -0.493 e. The predicted molar refractivity (Wildman–Crippen MR) is 65.7 cm³/mol. The number of benzene rings is 1. The van der Waals surface area contributed by atoms with Gasteiger partial charge >= 0.3 is 0 Å². The van der Waals surface area contributed by atoms with Gasteiger partial charge in [0.05, 0.1) is 12.3 Å². The maximum absolute atomic E-state index is 5.75. The van der Waals surface area contributed by atoms with E-state index in [1.165, 1.54) is 5.56 Å². The Labute approximate surface area is 99.5 Å². The molecule has 0 amide bonds. The maximum atomic E-state index is 5.75. The molecule has 1 aromatic carbocycles. The lowest BCUT2D eigenvalue weighted by Gasteiger charge is -2.19. The number of nitrogen functional groups attached to an aromatic ring is 1. The summed E-state index contributed by atoms with van der Waals surface area (Å²) in [5.41, 5.74) is 8.66. The van der Waals surface area contributed by atoms with Gasteiger partial charge in [-0.15, -0.1) is 0 Å². The summed E-state index contributed by atoms with van der Waals surface area (Å²) in [5.74, 6) is 1.23. The van der Waals surface area contributed by atoms with E-state index in [0.717, 1.165) is 36.5 Å². The third-order valence-corrected chi connectivity index (χ3v) is 2.88. The van der Waals surface area contributed by atoms with E-state index in [0.29, 0.717) is 0 Å². The summed E-state index contributed by atoms with van der Waals surface area (Å²) in [4.78, 5) is 8.14. The summed E-state index contributed by atoms with van der Waals surface area (Å²) in [6.45, 7) is 0.768. The Morgan fingerprint density at radius 3 is 3.06 bits per heavy atom. The molecule has 2 heterocycles. The summed E-state index contributed by atoms with van der Waals surface area (Å²) in [7, 11) is 0. The fraction of sp³-hybridized carbons (Fsp3) is 0.231. The number of aryl methyl sites for hydroxylation is 1. The normalized spacial score (nSPS) is 13.9. The molecule has 17 heavy (non-hydrogen) atoms. The molecule has 0 saturated heterocycles. The zero-order valence-electron chi connectivity index (χ0n) is 9.39. The van der Waals surface area contributed by atoms with Crippen molar-refractivity contribution in [2.45, 2.75) is 12.8 Å². The highest BCUT2D eigenvalue weighted by Gasteiger charge is 2.16. The quantitative estimate of drug-likeness (QED) is 0.810. The average Bonchev–Trinajstić information content (AvgIpc) is 2.38. The first kappa shape index (κ1) is 10.1. The van der Waals surface area contributed by atoms with Gasteiger partial charge in [-0.2, -0.15) is 0 Å². The van der Waals surface area contributed by atoms with E-state index in [-0.39, 0.29) is 5.95 Å². The molecule has 0 aliphatic carbocycles. The van der Waals surface area contributed by atoms with Crippen LogP contribution >= 0.6 is 0 Å². The molecule has 2 N–H and O–H groups in total. The number of nitrogens with two attached hydrogens (primary N) is 1. The molecule has 86 valence electrons. The molecule has 1 aromatic heterocycles. The molecule has 4 nitrogen and oxygen atoms in total. The number of hydrogen-bond acceptors (Lipinski definition) is 4. The van der Waals surface area contributed by atoms with Crippen LogP contribution in [0.15, 0.2) is 30.5 Å². The standard InChI is InChI=1S/C13H13N3O/c14-13-15-7-6-11(16-13)10-5-1-3-9-4-2-8-17-12(9)10/h1,3,5-7H,2,4,8H2,(H2,14,15,16). The number of aromatic nitrogens is 2. The Balaban J connectivity index is 2.14. The summed E-state index contributed by atoms with van der Waals surface area (Å²) in [6, 6.07) is 7.99. The third-order valence-electron chi connectivity index (χ3n) is 2.88. The summed E-state index contributed by atoms with van der Waals surface area (Å²) < 4.78 is 5.75. The van der Waals surface area contributed by atoms with Gasteiger partial charge in [0.1, 0.15) is 5.75 Å². The van der Waals surface area contributed by atoms with Crippen molar-refractivity contribution in [3.05, 3.63) is 36.0 Å². The third kappa shape index (κ3) is 1.82. The molecule has 2 aromatic rings.